The minimum Gasteiger partial charge on any atom is -0.330 e. The number of nitrogens with zero attached hydrogens (tertiary/aromatic N) is 2. The first-order chi connectivity index (χ1) is 8.13. The van der Waals surface area contributed by atoms with Crippen molar-refractivity contribution in [2.24, 2.45) is 0 Å². The second-order valence-corrected chi connectivity index (χ2v) is 4.28. The Balaban J connectivity index is 2.05. The van der Waals surface area contributed by atoms with Crippen molar-refractivity contribution < 1.29 is 4.79 Å². The van der Waals surface area contributed by atoms with Gasteiger partial charge in [-0.3, -0.25) is 4.79 Å². The van der Waals surface area contributed by atoms with E-state index in [1.165, 1.54) is 18.5 Å². The van der Waals surface area contributed by atoms with Crippen LogP contribution in [0.3, 0.4) is 0 Å². The molecule has 2 rings (SSSR count). The molecule has 1 aromatic carbocycles. The minimum atomic E-state index is -0.0783. The average Bonchev–Trinajstić information content (AvgIpc) is 2.66. The lowest BCUT2D eigenvalue weighted by Crippen LogP contribution is -2.05. The highest BCUT2D eigenvalue weighted by molar-refractivity contribution is 7.09. The van der Waals surface area contributed by atoms with Crippen molar-refractivity contribution in [3.8, 4) is 0 Å². The van der Waals surface area contributed by atoms with Crippen LogP contribution in [0.4, 0.5) is 16.5 Å². The molecule has 2 N–H and O–H groups in total. The van der Waals surface area contributed by atoms with Gasteiger partial charge in [0.1, 0.15) is 5.82 Å². The summed E-state index contributed by atoms with van der Waals surface area (Å²) in [7, 11) is 0. The Hall–Kier alpha value is -1.95. The van der Waals surface area contributed by atoms with Crippen LogP contribution in [0.15, 0.2) is 24.3 Å². The summed E-state index contributed by atoms with van der Waals surface area (Å²) in [5.41, 5.74) is 1.69. The monoisotopic (exact) mass is 248 g/mol. The fraction of sp³-hybridized carbons (Fsp3) is 0.182. The van der Waals surface area contributed by atoms with E-state index in [0.717, 1.165) is 22.3 Å². The Morgan fingerprint density at radius 3 is 2.41 bits per heavy atom. The molecule has 1 amide bonds. The molecule has 0 saturated carbocycles. The molecular weight excluding hydrogens is 236 g/mol. The van der Waals surface area contributed by atoms with E-state index in [2.05, 4.69) is 20.0 Å². The molecule has 1 aromatic heterocycles. The number of carbonyl (C=O) groups is 1. The third kappa shape index (κ3) is 3.25. The largest absolute Gasteiger partial charge is 0.330 e. The fourth-order valence-corrected chi connectivity index (χ4v) is 1.91. The maximum Gasteiger partial charge on any atom is 0.221 e. The standard InChI is InChI=1S/C11H12N4OS/c1-7-12-11(17-15-7)14-10-5-3-9(4-6-10)13-8(2)16/h3-6H,1-2H3,(H,13,16)(H,12,14,15). The lowest BCUT2D eigenvalue weighted by Gasteiger charge is -2.04. The Morgan fingerprint density at radius 1 is 1.24 bits per heavy atom. The molecule has 2 aromatic rings. The number of hydrogen-bond donors (Lipinski definition) is 2. The summed E-state index contributed by atoms with van der Waals surface area (Å²) in [6.07, 6.45) is 0. The molecule has 0 saturated heterocycles. The Kier molecular flexibility index (Phi) is 3.34. The maximum absolute atomic E-state index is 10.8. The van der Waals surface area contributed by atoms with Crippen LogP contribution in [0.25, 0.3) is 0 Å². The van der Waals surface area contributed by atoms with E-state index in [9.17, 15) is 4.79 Å². The molecular formula is C11H12N4OS. The van der Waals surface area contributed by atoms with Gasteiger partial charge < -0.3 is 10.6 Å². The SMILES string of the molecule is CC(=O)Nc1ccc(Nc2nc(C)ns2)cc1. The van der Waals surface area contributed by atoms with Gasteiger partial charge in [-0.25, -0.2) is 4.98 Å². The molecule has 0 fully saturated rings. The van der Waals surface area contributed by atoms with Crippen molar-refractivity contribution >= 4 is 33.9 Å². The molecule has 88 valence electrons. The van der Waals surface area contributed by atoms with Crippen molar-refractivity contribution in [2.45, 2.75) is 13.8 Å². The van der Waals surface area contributed by atoms with E-state index in [-0.39, 0.29) is 5.91 Å². The quantitative estimate of drug-likeness (QED) is 0.876. The highest BCUT2D eigenvalue weighted by Gasteiger charge is 2.01. The van der Waals surface area contributed by atoms with Gasteiger partial charge in [-0.2, -0.15) is 4.37 Å². The predicted molar refractivity (Wildman–Crippen MR) is 68.7 cm³/mol. The zero-order chi connectivity index (χ0) is 12.3. The van der Waals surface area contributed by atoms with Gasteiger partial charge in [0.25, 0.3) is 0 Å². The minimum absolute atomic E-state index is 0.0783. The zero-order valence-electron chi connectivity index (χ0n) is 9.52. The van der Waals surface area contributed by atoms with Crippen LogP contribution in [-0.4, -0.2) is 15.3 Å². The summed E-state index contributed by atoms with van der Waals surface area (Å²) in [6, 6.07) is 7.42. The first-order valence-corrected chi connectivity index (χ1v) is 5.86. The Morgan fingerprint density at radius 2 is 1.88 bits per heavy atom. The number of anilines is 3. The highest BCUT2D eigenvalue weighted by atomic mass is 32.1. The summed E-state index contributed by atoms with van der Waals surface area (Å²) < 4.78 is 4.08. The molecule has 0 radical (unpaired) electrons. The van der Waals surface area contributed by atoms with Crippen LogP contribution in [0.1, 0.15) is 12.7 Å². The number of carbonyl (C=O) groups excluding carboxylic acids is 1. The Bertz CT molecular complexity index is 521. The second kappa shape index (κ2) is 4.92. The normalized spacial score (nSPS) is 10.0. The van der Waals surface area contributed by atoms with Gasteiger partial charge >= 0.3 is 0 Å². The third-order valence-electron chi connectivity index (χ3n) is 1.98. The number of hydrogen-bond acceptors (Lipinski definition) is 5. The summed E-state index contributed by atoms with van der Waals surface area (Å²) >= 11 is 1.32. The smallest absolute Gasteiger partial charge is 0.221 e. The molecule has 0 unspecified atom stereocenters. The maximum atomic E-state index is 10.8. The number of nitrogens with one attached hydrogen (secondary N) is 2. The van der Waals surface area contributed by atoms with E-state index in [4.69, 9.17) is 0 Å². The van der Waals surface area contributed by atoms with Gasteiger partial charge in [0.2, 0.25) is 11.0 Å². The molecule has 0 spiro atoms. The summed E-state index contributed by atoms with van der Waals surface area (Å²) in [6.45, 7) is 3.33. The van der Waals surface area contributed by atoms with Crippen LogP contribution in [-0.2, 0) is 4.79 Å². The van der Waals surface area contributed by atoms with Gasteiger partial charge in [-0.1, -0.05) is 0 Å². The zero-order valence-corrected chi connectivity index (χ0v) is 10.3. The number of benzene rings is 1. The van der Waals surface area contributed by atoms with Crippen LogP contribution in [0, 0.1) is 6.92 Å². The molecule has 0 aliphatic heterocycles. The average molecular weight is 248 g/mol. The van der Waals surface area contributed by atoms with Crippen molar-refractivity contribution in [2.75, 3.05) is 10.6 Å². The van der Waals surface area contributed by atoms with Crippen molar-refractivity contribution in [3.63, 3.8) is 0 Å². The molecule has 17 heavy (non-hydrogen) atoms. The highest BCUT2D eigenvalue weighted by Crippen LogP contribution is 2.20. The summed E-state index contributed by atoms with van der Waals surface area (Å²) in [5, 5.41) is 6.60. The van der Waals surface area contributed by atoms with Gasteiger partial charge in [-0.15, -0.1) is 0 Å². The van der Waals surface area contributed by atoms with Gasteiger partial charge in [0.15, 0.2) is 0 Å². The van der Waals surface area contributed by atoms with Gasteiger partial charge in [-0.05, 0) is 31.2 Å². The Labute approximate surface area is 103 Å². The van der Waals surface area contributed by atoms with Crippen molar-refractivity contribution in [1.29, 1.82) is 0 Å². The number of aryl methyl sites for hydroxylation is 1. The van der Waals surface area contributed by atoms with E-state index in [1.807, 2.05) is 31.2 Å². The molecule has 0 aliphatic rings. The predicted octanol–water partition coefficient (Wildman–Crippen LogP) is 2.55. The molecule has 1 heterocycles. The van der Waals surface area contributed by atoms with Crippen molar-refractivity contribution in [3.05, 3.63) is 30.1 Å². The topological polar surface area (TPSA) is 66.9 Å². The molecule has 6 heteroatoms. The lowest BCUT2D eigenvalue weighted by molar-refractivity contribution is -0.114. The van der Waals surface area contributed by atoms with E-state index >= 15 is 0 Å². The first-order valence-electron chi connectivity index (χ1n) is 5.08. The molecule has 0 bridgehead atoms. The summed E-state index contributed by atoms with van der Waals surface area (Å²) in [4.78, 5) is 15.1. The van der Waals surface area contributed by atoms with Crippen LogP contribution in [0.5, 0.6) is 0 Å². The van der Waals surface area contributed by atoms with Gasteiger partial charge in [0, 0.05) is 29.8 Å². The lowest BCUT2D eigenvalue weighted by atomic mass is 10.3. The van der Waals surface area contributed by atoms with E-state index in [1.54, 1.807) is 0 Å². The van der Waals surface area contributed by atoms with Crippen LogP contribution in [0.2, 0.25) is 0 Å². The van der Waals surface area contributed by atoms with E-state index in [0.29, 0.717) is 0 Å². The third-order valence-corrected chi connectivity index (χ3v) is 2.71. The number of aromatic nitrogens is 2. The first kappa shape index (κ1) is 11.5. The molecule has 5 nitrogen and oxygen atoms in total. The summed E-state index contributed by atoms with van der Waals surface area (Å²) in [5.74, 6) is 0.679. The molecule has 0 aliphatic carbocycles. The number of rotatable bonds is 3. The van der Waals surface area contributed by atoms with Crippen LogP contribution >= 0.6 is 11.5 Å². The number of amides is 1. The molecule has 0 atom stereocenters. The van der Waals surface area contributed by atoms with Gasteiger partial charge in [0.05, 0.1) is 0 Å². The van der Waals surface area contributed by atoms with Crippen molar-refractivity contribution in [1.82, 2.24) is 9.36 Å². The fourth-order valence-electron chi connectivity index (χ4n) is 1.31. The van der Waals surface area contributed by atoms with Crippen LogP contribution < -0.4 is 10.6 Å². The second-order valence-electron chi connectivity index (χ2n) is 3.53. The van der Waals surface area contributed by atoms with E-state index < -0.39 is 0 Å².